The van der Waals surface area contributed by atoms with Gasteiger partial charge in [-0.25, -0.2) is 12.9 Å². The van der Waals surface area contributed by atoms with Crippen LogP contribution in [0.25, 0.3) is 16.6 Å². The second-order valence-electron chi connectivity index (χ2n) is 9.30. The summed E-state index contributed by atoms with van der Waals surface area (Å²) in [4.78, 5) is 12.2. The summed E-state index contributed by atoms with van der Waals surface area (Å²) in [6.45, 7) is 6.76. The number of rotatable bonds is 6. The average Bonchev–Trinajstić information content (AvgIpc) is 3.24. The zero-order chi connectivity index (χ0) is 23.3. The summed E-state index contributed by atoms with van der Waals surface area (Å²) in [6.07, 6.45) is 6.64. The Kier molecular flexibility index (Phi) is 5.40. The Labute approximate surface area is 188 Å². The predicted molar refractivity (Wildman–Crippen MR) is 127 cm³/mol. The van der Waals surface area contributed by atoms with Gasteiger partial charge in [0.15, 0.2) is 0 Å². The number of fused-ring (bicyclic) bond motifs is 1. The quantitative estimate of drug-likeness (QED) is 0.524. The zero-order valence-electron chi connectivity index (χ0n) is 18.7. The maximum absolute atomic E-state index is 12.2. The van der Waals surface area contributed by atoms with Gasteiger partial charge in [-0.05, 0) is 47.9 Å². The number of carbonyl (C=O) groups is 1. The molecule has 0 aliphatic heterocycles. The lowest BCUT2D eigenvalue weighted by atomic mass is 9.80. The Morgan fingerprint density at radius 3 is 2.44 bits per heavy atom. The number of nitrogens with one attached hydrogen (secondary N) is 2. The Morgan fingerprint density at radius 1 is 1.19 bits per heavy atom. The summed E-state index contributed by atoms with van der Waals surface area (Å²) >= 11 is 0. The van der Waals surface area contributed by atoms with Crippen LogP contribution in [0.3, 0.4) is 0 Å². The van der Waals surface area contributed by atoms with Crippen molar-refractivity contribution in [3.63, 3.8) is 0 Å². The third kappa shape index (κ3) is 4.17. The van der Waals surface area contributed by atoms with Gasteiger partial charge in [0.1, 0.15) is 0 Å². The number of carbonyl (C=O) groups excluding carboxylic acids is 1. The number of anilines is 2. The first-order valence-corrected chi connectivity index (χ1v) is 12.5. The Balaban J connectivity index is 1.74. The molecule has 0 saturated heterocycles. The number of hydrogen-bond donors (Lipinski definition) is 3. The molecular formula is C23H29N5O3S. The van der Waals surface area contributed by atoms with E-state index in [0.717, 1.165) is 35.7 Å². The first-order chi connectivity index (χ1) is 15.0. The second-order valence-corrected chi connectivity index (χ2v) is 11.1. The van der Waals surface area contributed by atoms with E-state index in [2.05, 4.69) is 35.9 Å². The molecule has 0 bridgehead atoms. The molecule has 1 fully saturated rings. The third-order valence-corrected chi connectivity index (χ3v) is 7.41. The fraction of sp³-hybridized carbons (Fsp3) is 0.391. The van der Waals surface area contributed by atoms with Gasteiger partial charge in [-0.1, -0.05) is 32.9 Å². The van der Waals surface area contributed by atoms with Gasteiger partial charge in [0.05, 0.1) is 29.2 Å². The topological polar surface area (TPSA) is 119 Å². The van der Waals surface area contributed by atoms with Crippen molar-refractivity contribution in [3.8, 4) is 11.1 Å². The van der Waals surface area contributed by atoms with Crippen LogP contribution in [0.1, 0.15) is 44.0 Å². The van der Waals surface area contributed by atoms with Crippen LogP contribution >= 0.6 is 0 Å². The number of hydrogen-bond acceptors (Lipinski definition) is 5. The van der Waals surface area contributed by atoms with Crippen molar-refractivity contribution in [1.82, 2.24) is 9.61 Å². The minimum absolute atomic E-state index is 0.0764. The van der Waals surface area contributed by atoms with Crippen LogP contribution in [0.5, 0.6) is 0 Å². The van der Waals surface area contributed by atoms with Crippen LogP contribution in [-0.4, -0.2) is 36.2 Å². The Bertz CT molecular complexity index is 1280. The van der Waals surface area contributed by atoms with Crippen LogP contribution in [0, 0.1) is 11.3 Å². The average molecular weight is 456 g/mol. The molecule has 1 amide bonds. The van der Waals surface area contributed by atoms with E-state index in [1.165, 1.54) is 6.20 Å². The summed E-state index contributed by atoms with van der Waals surface area (Å²) in [5.74, 6) is 0.0431. The van der Waals surface area contributed by atoms with Gasteiger partial charge >= 0.3 is 0 Å². The molecule has 1 aliphatic rings. The van der Waals surface area contributed by atoms with Gasteiger partial charge in [0.2, 0.25) is 10.0 Å². The lowest BCUT2D eigenvalue weighted by molar-refractivity contribution is 0.100. The second kappa shape index (κ2) is 7.81. The summed E-state index contributed by atoms with van der Waals surface area (Å²) in [7, 11) is -3.34. The number of aromatic nitrogens is 2. The molecule has 1 aliphatic carbocycles. The molecule has 1 aromatic carbocycles. The minimum atomic E-state index is -3.34. The van der Waals surface area contributed by atoms with Gasteiger partial charge in [0.25, 0.3) is 5.91 Å². The summed E-state index contributed by atoms with van der Waals surface area (Å²) < 4.78 is 27.1. The van der Waals surface area contributed by atoms with Crippen molar-refractivity contribution < 1.29 is 13.2 Å². The van der Waals surface area contributed by atoms with Gasteiger partial charge in [-0.15, -0.1) is 0 Å². The van der Waals surface area contributed by atoms with E-state index in [1.807, 2.05) is 24.4 Å². The maximum atomic E-state index is 12.2. The standard InChI is InChI=1S/C23H29N5O3S/c1-14-5-10-20(23(14,2)3)26-21-18(22(24)29)12-25-28-13-16(11-19(21)28)15-6-8-17(9-7-15)27-32(4,30)31/h6-9,11-14,20,26-27H,5,10H2,1-4H3,(H2,24,29)/t14?,20-/m1/s1. The molecule has 0 spiro atoms. The molecule has 2 heterocycles. The van der Waals surface area contributed by atoms with Gasteiger partial charge in [-0.2, -0.15) is 5.10 Å². The van der Waals surface area contributed by atoms with Gasteiger partial charge < -0.3 is 11.1 Å². The minimum Gasteiger partial charge on any atom is -0.379 e. The molecule has 4 rings (SSSR count). The highest BCUT2D eigenvalue weighted by molar-refractivity contribution is 7.92. The maximum Gasteiger partial charge on any atom is 0.252 e. The number of primary amides is 1. The molecule has 0 radical (unpaired) electrons. The predicted octanol–water partition coefficient (Wildman–Crippen LogP) is 3.71. The summed E-state index contributed by atoms with van der Waals surface area (Å²) in [5, 5.41) is 8.00. The van der Waals surface area contributed by atoms with Crippen molar-refractivity contribution in [2.24, 2.45) is 17.1 Å². The van der Waals surface area contributed by atoms with Crippen LogP contribution in [0.2, 0.25) is 0 Å². The SMILES string of the molecule is CC1CC[C@@H](Nc2c(C(N)=O)cnn3cc(-c4ccc(NS(C)(=O)=O)cc4)cc23)C1(C)C. The van der Waals surface area contributed by atoms with Crippen molar-refractivity contribution in [3.05, 3.63) is 48.3 Å². The van der Waals surface area contributed by atoms with E-state index in [1.54, 1.807) is 16.6 Å². The van der Waals surface area contributed by atoms with E-state index >= 15 is 0 Å². The first-order valence-electron chi connectivity index (χ1n) is 10.6. The van der Waals surface area contributed by atoms with E-state index in [9.17, 15) is 13.2 Å². The highest BCUT2D eigenvalue weighted by atomic mass is 32.2. The van der Waals surface area contributed by atoms with Crippen LogP contribution < -0.4 is 15.8 Å². The van der Waals surface area contributed by atoms with Crippen LogP contribution in [0.4, 0.5) is 11.4 Å². The summed E-state index contributed by atoms with van der Waals surface area (Å²) in [5.41, 5.74) is 9.87. The summed E-state index contributed by atoms with van der Waals surface area (Å²) in [6, 6.07) is 9.27. The van der Waals surface area contributed by atoms with Crippen LogP contribution in [-0.2, 0) is 10.0 Å². The lowest BCUT2D eigenvalue weighted by Gasteiger charge is -2.33. The molecular weight excluding hydrogens is 426 g/mol. The van der Waals surface area contributed by atoms with Gasteiger partial charge in [-0.3, -0.25) is 9.52 Å². The third-order valence-electron chi connectivity index (χ3n) is 6.80. The Morgan fingerprint density at radius 2 is 1.88 bits per heavy atom. The highest BCUT2D eigenvalue weighted by Gasteiger charge is 2.41. The molecule has 9 heteroatoms. The number of benzene rings is 1. The van der Waals surface area contributed by atoms with Crippen molar-refractivity contribution >= 4 is 32.8 Å². The number of nitrogens with zero attached hydrogens (tertiary/aromatic N) is 2. The largest absolute Gasteiger partial charge is 0.379 e. The normalized spacial score (nSPS) is 20.4. The number of amides is 1. The zero-order valence-corrected chi connectivity index (χ0v) is 19.5. The van der Waals surface area contributed by atoms with Crippen molar-refractivity contribution in [2.45, 2.75) is 39.7 Å². The van der Waals surface area contributed by atoms with E-state index in [0.29, 0.717) is 22.9 Å². The van der Waals surface area contributed by atoms with E-state index in [-0.39, 0.29) is 11.5 Å². The molecule has 1 saturated carbocycles. The Hall–Kier alpha value is -3.07. The van der Waals surface area contributed by atoms with Gasteiger partial charge in [0, 0.05) is 23.5 Å². The van der Waals surface area contributed by atoms with E-state index in [4.69, 9.17) is 5.73 Å². The highest BCUT2D eigenvalue weighted by Crippen LogP contribution is 2.44. The monoisotopic (exact) mass is 455 g/mol. The molecule has 8 nitrogen and oxygen atoms in total. The smallest absolute Gasteiger partial charge is 0.252 e. The van der Waals surface area contributed by atoms with Crippen molar-refractivity contribution in [2.75, 3.05) is 16.3 Å². The van der Waals surface area contributed by atoms with Crippen LogP contribution in [0.15, 0.2) is 42.7 Å². The molecule has 2 aromatic heterocycles. The van der Waals surface area contributed by atoms with E-state index < -0.39 is 15.9 Å². The molecule has 4 N–H and O–H groups in total. The first kappa shape index (κ1) is 22.1. The molecule has 32 heavy (non-hydrogen) atoms. The molecule has 170 valence electrons. The fourth-order valence-electron chi connectivity index (χ4n) is 4.43. The molecule has 1 unspecified atom stereocenters. The molecule has 2 atom stereocenters. The lowest BCUT2D eigenvalue weighted by Crippen LogP contribution is -2.35. The van der Waals surface area contributed by atoms with Crippen molar-refractivity contribution in [1.29, 1.82) is 0 Å². The fourth-order valence-corrected chi connectivity index (χ4v) is 5.00. The number of sulfonamides is 1. The molecule has 3 aromatic rings. The number of nitrogens with two attached hydrogens (primary N) is 1.